The molecule has 3 aromatic rings. The summed E-state index contributed by atoms with van der Waals surface area (Å²) in [5, 5.41) is 4.53. The highest BCUT2D eigenvalue weighted by molar-refractivity contribution is 6.30. The second kappa shape index (κ2) is 9.98. The van der Waals surface area contributed by atoms with Gasteiger partial charge in [-0.25, -0.2) is 4.79 Å². The number of halogens is 1. The number of hydrogen-bond acceptors (Lipinski definition) is 3. The summed E-state index contributed by atoms with van der Waals surface area (Å²) < 4.78 is 0. The lowest BCUT2D eigenvalue weighted by Gasteiger charge is -2.30. The first-order valence-corrected chi connectivity index (χ1v) is 11.9. The molecule has 2 amide bonds. The van der Waals surface area contributed by atoms with Gasteiger partial charge in [0, 0.05) is 34.2 Å². The van der Waals surface area contributed by atoms with Gasteiger partial charge in [0.05, 0.1) is 12.1 Å². The van der Waals surface area contributed by atoms with Gasteiger partial charge in [0.1, 0.15) is 0 Å². The van der Waals surface area contributed by atoms with Gasteiger partial charge < -0.3 is 15.2 Å². The maximum atomic E-state index is 13.3. The lowest BCUT2D eigenvalue weighted by molar-refractivity contribution is 0.174. The molecule has 1 atom stereocenters. The van der Waals surface area contributed by atoms with Crippen molar-refractivity contribution in [1.82, 2.24) is 14.8 Å². The Hall–Kier alpha value is -2.83. The van der Waals surface area contributed by atoms with Crippen molar-refractivity contribution in [3.63, 3.8) is 0 Å². The second-order valence-corrected chi connectivity index (χ2v) is 9.29. The minimum atomic E-state index is -0.235. The van der Waals surface area contributed by atoms with E-state index in [-0.39, 0.29) is 24.2 Å². The van der Waals surface area contributed by atoms with Crippen molar-refractivity contribution in [3.8, 4) is 0 Å². The van der Waals surface area contributed by atoms with Gasteiger partial charge in [-0.3, -0.25) is 9.69 Å². The van der Waals surface area contributed by atoms with E-state index < -0.39 is 0 Å². The molecule has 0 radical (unpaired) electrons. The predicted molar refractivity (Wildman–Crippen MR) is 135 cm³/mol. The van der Waals surface area contributed by atoms with Gasteiger partial charge in [0.2, 0.25) is 0 Å². The van der Waals surface area contributed by atoms with Gasteiger partial charge in [-0.2, -0.15) is 0 Å². The summed E-state index contributed by atoms with van der Waals surface area (Å²) >= 11 is 6.10. The van der Waals surface area contributed by atoms with E-state index in [2.05, 4.69) is 28.2 Å². The lowest BCUT2D eigenvalue weighted by atomic mass is 10.0. The molecular weight excluding hydrogens is 436 g/mol. The van der Waals surface area contributed by atoms with Crippen molar-refractivity contribution in [2.45, 2.75) is 46.2 Å². The standard InChI is InChI=1S/C26H31ClN4O2/c1-4-30-12-6-9-22(30)16-31(26(33)28-21-8-5-7-20(27)14-21)15-19-13-23-17(2)10-11-18(3)24(23)29-25(19)32/h5,7-8,10-11,13-14,22H,4,6,9,12,15-16H2,1-3H3,(H,28,33)(H,29,32)/t22-/m1/s1. The quantitative estimate of drug-likeness (QED) is 0.516. The number of carbonyl (C=O) groups excluding carboxylic acids is 1. The van der Waals surface area contributed by atoms with Crippen LogP contribution >= 0.6 is 11.6 Å². The second-order valence-electron chi connectivity index (χ2n) is 8.86. The molecule has 0 bridgehead atoms. The zero-order chi connectivity index (χ0) is 23.5. The van der Waals surface area contributed by atoms with Crippen LogP contribution in [0, 0.1) is 13.8 Å². The van der Waals surface area contributed by atoms with E-state index in [4.69, 9.17) is 11.6 Å². The molecule has 0 aliphatic carbocycles. The van der Waals surface area contributed by atoms with Crippen LogP contribution in [0.15, 0.2) is 47.3 Å². The van der Waals surface area contributed by atoms with Crippen molar-refractivity contribution in [3.05, 3.63) is 74.5 Å². The molecule has 0 spiro atoms. The molecule has 1 aliphatic heterocycles. The van der Waals surface area contributed by atoms with Crippen LogP contribution in [0.4, 0.5) is 10.5 Å². The fraction of sp³-hybridized carbons (Fsp3) is 0.385. The number of anilines is 1. The Balaban J connectivity index is 1.65. The van der Waals surface area contributed by atoms with E-state index in [0.29, 0.717) is 22.8 Å². The molecule has 1 aliphatic rings. The number of nitrogens with zero attached hydrogens (tertiary/aromatic N) is 2. The highest BCUT2D eigenvalue weighted by Gasteiger charge is 2.28. The van der Waals surface area contributed by atoms with Crippen molar-refractivity contribution in [2.75, 3.05) is 25.0 Å². The number of fused-ring (bicyclic) bond motifs is 1. The third-order valence-electron chi connectivity index (χ3n) is 6.58. The number of aromatic nitrogens is 1. The Labute approximate surface area is 199 Å². The van der Waals surface area contributed by atoms with Crippen LogP contribution in [-0.4, -0.2) is 46.5 Å². The van der Waals surface area contributed by atoms with Crippen LogP contribution in [0.3, 0.4) is 0 Å². The lowest BCUT2D eigenvalue weighted by Crippen LogP contribution is -2.45. The number of nitrogens with one attached hydrogen (secondary N) is 2. The van der Waals surface area contributed by atoms with Crippen molar-refractivity contribution in [2.24, 2.45) is 0 Å². The number of likely N-dealkylation sites (N-methyl/N-ethyl adjacent to an activating group) is 1. The number of amides is 2. The van der Waals surface area contributed by atoms with Crippen LogP contribution < -0.4 is 10.9 Å². The molecule has 6 nitrogen and oxygen atoms in total. The van der Waals surface area contributed by atoms with Crippen LogP contribution in [0.25, 0.3) is 10.9 Å². The predicted octanol–water partition coefficient (Wildman–Crippen LogP) is 5.32. The van der Waals surface area contributed by atoms with Gasteiger partial charge in [-0.1, -0.05) is 36.7 Å². The number of pyridine rings is 1. The smallest absolute Gasteiger partial charge is 0.321 e. The van der Waals surface area contributed by atoms with Gasteiger partial charge in [0.15, 0.2) is 0 Å². The maximum Gasteiger partial charge on any atom is 0.322 e. The van der Waals surface area contributed by atoms with E-state index in [1.165, 1.54) is 0 Å². The fourth-order valence-corrected chi connectivity index (χ4v) is 4.89. The third-order valence-corrected chi connectivity index (χ3v) is 6.82. The van der Waals surface area contributed by atoms with E-state index in [0.717, 1.165) is 48.0 Å². The topological polar surface area (TPSA) is 68.4 Å². The molecule has 33 heavy (non-hydrogen) atoms. The number of urea groups is 1. The molecule has 1 saturated heterocycles. The molecule has 2 heterocycles. The van der Waals surface area contributed by atoms with Crippen LogP contribution in [-0.2, 0) is 6.54 Å². The van der Waals surface area contributed by atoms with E-state index in [1.54, 1.807) is 23.1 Å². The molecular formula is C26H31ClN4O2. The number of aryl methyl sites for hydroxylation is 2. The Kier molecular flexibility index (Phi) is 7.05. The molecule has 0 unspecified atom stereocenters. The third kappa shape index (κ3) is 5.23. The number of carbonyl (C=O) groups is 1. The van der Waals surface area contributed by atoms with E-state index in [9.17, 15) is 9.59 Å². The van der Waals surface area contributed by atoms with Crippen molar-refractivity contribution >= 4 is 34.2 Å². The Morgan fingerprint density at radius 2 is 2.00 bits per heavy atom. The first-order chi connectivity index (χ1) is 15.9. The van der Waals surface area contributed by atoms with Gasteiger partial charge in [-0.05, 0) is 75.2 Å². The Morgan fingerprint density at radius 3 is 2.76 bits per heavy atom. The summed E-state index contributed by atoms with van der Waals surface area (Å²) in [6.45, 7) is 8.95. The molecule has 1 aromatic heterocycles. The van der Waals surface area contributed by atoms with Crippen molar-refractivity contribution < 1.29 is 4.79 Å². The summed E-state index contributed by atoms with van der Waals surface area (Å²) in [5.74, 6) is 0. The first kappa shape index (κ1) is 23.3. The number of aromatic amines is 1. The highest BCUT2D eigenvalue weighted by Crippen LogP contribution is 2.23. The van der Waals surface area contributed by atoms with Gasteiger partial charge >= 0.3 is 6.03 Å². The Bertz CT molecular complexity index is 1220. The molecule has 174 valence electrons. The van der Waals surface area contributed by atoms with Crippen molar-refractivity contribution in [1.29, 1.82) is 0 Å². The zero-order valence-electron chi connectivity index (χ0n) is 19.5. The van der Waals surface area contributed by atoms with Crippen LogP contribution in [0.5, 0.6) is 0 Å². The highest BCUT2D eigenvalue weighted by atomic mass is 35.5. The van der Waals surface area contributed by atoms with E-state index >= 15 is 0 Å². The number of hydrogen-bond donors (Lipinski definition) is 2. The minimum Gasteiger partial charge on any atom is -0.321 e. The zero-order valence-corrected chi connectivity index (χ0v) is 20.2. The van der Waals surface area contributed by atoms with E-state index in [1.807, 2.05) is 32.0 Å². The number of benzene rings is 2. The summed E-state index contributed by atoms with van der Waals surface area (Å²) in [4.78, 5) is 33.5. The van der Waals surface area contributed by atoms with Crippen LogP contribution in [0.1, 0.15) is 36.5 Å². The van der Waals surface area contributed by atoms with Gasteiger partial charge in [0.25, 0.3) is 5.56 Å². The summed E-state index contributed by atoms with van der Waals surface area (Å²) in [5.41, 5.74) is 4.03. The summed E-state index contributed by atoms with van der Waals surface area (Å²) in [6, 6.07) is 13.2. The molecule has 2 N–H and O–H groups in total. The molecule has 1 fully saturated rings. The minimum absolute atomic E-state index is 0.157. The number of rotatable bonds is 6. The van der Waals surface area contributed by atoms with Gasteiger partial charge in [-0.15, -0.1) is 0 Å². The SMILES string of the molecule is CCN1CCC[C@@H]1CN(Cc1cc2c(C)ccc(C)c2[nH]c1=O)C(=O)Nc1cccc(Cl)c1. The maximum absolute atomic E-state index is 13.3. The average Bonchev–Trinajstić information content (AvgIpc) is 3.24. The molecule has 0 saturated carbocycles. The largest absolute Gasteiger partial charge is 0.322 e. The first-order valence-electron chi connectivity index (χ1n) is 11.5. The number of H-pyrrole nitrogens is 1. The average molecular weight is 467 g/mol. The fourth-order valence-electron chi connectivity index (χ4n) is 4.70. The Morgan fingerprint density at radius 1 is 1.21 bits per heavy atom. The number of likely N-dealkylation sites (tertiary alicyclic amines) is 1. The summed E-state index contributed by atoms with van der Waals surface area (Å²) in [7, 11) is 0. The normalized spacial score (nSPS) is 16.3. The molecule has 2 aromatic carbocycles. The monoisotopic (exact) mass is 466 g/mol. The van der Waals surface area contributed by atoms with Crippen LogP contribution in [0.2, 0.25) is 5.02 Å². The summed E-state index contributed by atoms with van der Waals surface area (Å²) in [6.07, 6.45) is 2.17. The molecule has 4 rings (SSSR count). The molecule has 7 heteroatoms.